The van der Waals surface area contributed by atoms with E-state index in [4.69, 9.17) is 5.11 Å². The fourth-order valence-electron chi connectivity index (χ4n) is 1.23. The average molecular weight is 296 g/mol. The number of aromatic amines is 1. The summed E-state index contributed by atoms with van der Waals surface area (Å²) >= 11 is 3.04. The van der Waals surface area contributed by atoms with Crippen LogP contribution in [0.2, 0.25) is 0 Å². The molecule has 1 aromatic heterocycles. The third-order valence-electron chi connectivity index (χ3n) is 1.95. The van der Waals surface area contributed by atoms with Gasteiger partial charge in [0.1, 0.15) is 0 Å². The fourth-order valence-corrected chi connectivity index (χ4v) is 1.73. The maximum Gasteiger partial charge on any atom is 0.307 e. The van der Waals surface area contributed by atoms with Crippen molar-refractivity contribution < 1.29 is 18.7 Å². The first-order valence-electron chi connectivity index (χ1n) is 4.26. The lowest BCUT2D eigenvalue weighted by Gasteiger charge is -2.07. The number of rotatable bonds is 4. The highest BCUT2D eigenvalue weighted by molar-refractivity contribution is 9.08. The number of carboxylic acids is 1. The molecular formula is C9H8BrF2NO3. The zero-order chi connectivity index (χ0) is 12.3. The van der Waals surface area contributed by atoms with E-state index in [-0.39, 0.29) is 10.9 Å². The highest BCUT2D eigenvalue weighted by Crippen LogP contribution is 2.18. The van der Waals surface area contributed by atoms with Gasteiger partial charge in [-0.2, -0.15) is 0 Å². The van der Waals surface area contributed by atoms with Gasteiger partial charge < -0.3 is 10.1 Å². The number of carboxylic acid groups (broad SMARTS) is 1. The molecule has 4 nitrogen and oxygen atoms in total. The van der Waals surface area contributed by atoms with E-state index in [0.717, 1.165) is 6.07 Å². The van der Waals surface area contributed by atoms with Gasteiger partial charge in [0.25, 0.3) is 12.0 Å². The molecule has 0 spiro atoms. The summed E-state index contributed by atoms with van der Waals surface area (Å²) in [5.74, 6) is -1.14. The predicted octanol–water partition coefficient (Wildman–Crippen LogP) is 1.83. The molecule has 7 heteroatoms. The summed E-state index contributed by atoms with van der Waals surface area (Å²) in [7, 11) is 0. The van der Waals surface area contributed by atoms with E-state index in [1.54, 1.807) is 0 Å². The second-order valence-electron chi connectivity index (χ2n) is 3.06. The summed E-state index contributed by atoms with van der Waals surface area (Å²) in [5.41, 5.74) is -1.12. The van der Waals surface area contributed by atoms with Crippen molar-refractivity contribution in [3.63, 3.8) is 0 Å². The summed E-state index contributed by atoms with van der Waals surface area (Å²) in [6.45, 7) is 0. The Kier molecular flexibility index (Phi) is 4.17. The van der Waals surface area contributed by atoms with Crippen molar-refractivity contribution in [2.45, 2.75) is 18.2 Å². The molecule has 0 aromatic carbocycles. The molecule has 0 saturated carbocycles. The number of halogens is 3. The van der Waals surface area contributed by atoms with Crippen molar-refractivity contribution in [1.29, 1.82) is 0 Å². The number of aromatic nitrogens is 1. The van der Waals surface area contributed by atoms with E-state index in [1.165, 1.54) is 0 Å². The van der Waals surface area contributed by atoms with E-state index >= 15 is 0 Å². The van der Waals surface area contributed by atoms with Gasteiger partial charge >= 0.3 is 5.97 Å². The Labute approximate surface area is 97.4 Å². The highest BCUT2D eigenvalue weighted by atomic mass is 79.9. The van der Waals surface area contributed by atoms with Gasteiger partial charge in [-0.1, -0.05) is 15.9 Å². The zero-order valence-corrected chi connectivity index (χ0v) is 9.55. The standard InChI is InChI=1S/C9H8BrF2NO3/c10-3-6-4(2-7(14)15)1-5(8(11)12)9(16)13-6/h1,8H,2-3H2,(H,13,16)(H,14,15). The summed E-state index contributed by atoms with van der Waals surface area (Å²) in [5, 5.41) is 8.79. The van der Waals surface area contributed by atoms with Crippen molar-refractivity contribution in [2.24, 2.45) is 0 Å². The predicted molar refractivity (Wildman–Crippen MR) is 56.0 cm³/mol. The fraction of sp³-hybridized carbons (Fsp3) is 0.333. The molecule has 0 aliphatic carbocycles. The minimum atomic E-state index is -2.92. The maximum absolute atomic E-state index is 12.4. The van der Waals surface area contributed by atoms with Gasteiger partial charge in [-0.3, -0.25) is 9.59 Å². The van der Waals surface area contributed by atoms with Crippen LogP contribution in [0.25, 0.3) is 0 Å². The number of pyridine rings is 1. The molecule has 2 N–H and O–H groups in total. The second-order valence-corrected chi connectivity index (χ2v) is 3.62. The summed E-state index contributed by atoms with van der Waals surface area (Å²) < 4.78 is 24.8. The Morgan fingerprint density at radius 3 is 2.62 bits per heavy atom. The molecule has 16 heavy (non-hydrogen) atoms. The number of nitrogens with one attached hydrogen (secondary N) is 1. The topological polar surface area (TPSA) is 70.2 Å². The number of aliphatic carboxylic acids is 1. The normalized spacial score (nSPS) is 10.8. The molecule has 1 heterocycles. The van der Waals surface area contributed by atoms with E-state index in [1.807, 2.05) is 0 Å². The first-order chi connectivity index (χ1) is 7.45. The van der Waals surface area contributed by atoms with Crippen molar-refractivity contribution in [3.8, 4) is 0 Å². The van der Waals surface area contributed by atoms with E-state index < -0.39 is 29.9 Å². The first kappa shape index (κ1) is 12.8. The SMILES string of the molecule is O=C(O)Cc1cc(C(F)F)c(=O)[nH]c1CBr. The van der Waals surface area contributed by atoms with Gasteiger partial charge in [-0.15, -0.1) is 0 Å². The number of hydrogen-bond acceptors (Lipinski definition) is 2. The van der Waals surface area contributed by atoms with Crippen LogP contribution in [-0.2, 0) is 16.5 Å². The summed E-state index contributed by atoms with van der Waals surface area (Å²) in [4.78, 5) is 23.9. The molecule has 0 amide bonds. The molecule has 0 aliphatic rings. The second kappa shape index (κ2) is 5.20. The van der Waals surface area contributed by atoms with Gasteiger partial charge in [0.05, 0.1) is 12.0 Å². The van der Waals surface area contributed by atoms with E-state index in [9.17, 15) is 18.4 Å². The smallest absolute Gasteiger partial charge is 0.307 e. The highest BCUT2D eigenvalue weighted by Gasteiger charge is 2.16. The Morgan fingerprint density at radius 2 is 2.19 bits per heavy atom. The van der Waals surface area contributed by atoms with Crippen LogP contribution in [0.3, 0.4) is 0 Å². The molecule has 88 valence electrons. The third-order valence-corrected chi connectivity index (χ3v) is 2.52. The van der Waals surface area contributed by atoms with Crippen molar-refractivity contribution in [1.82, 2.24) is 4.98 Å². The minimum absolute atomic E-state index is 0.180. The molecule has 0 atom stereocenters. The van der Waals surface area contributed by atoms with E-state index in [2.05, 4.69) is 20.9 Å². The quantitative estimate of drug-likeness (QED) is 0.833. The van der Waals surface area contributed by atoms with Gasteiger partial charge in [-0.05, 0) is 11.6 Å². The Morgan fingerprint density at radius 1 is 1.56 bits per heavy atom. The van der Waals surface area contributed by atoms with E-state index in [0.29, 0.717) is 5.69 Å². The summed E-state index contributed by atoms with van der Waals surface area (Å²) in [6.07, 6.45) is -3.32. The molecule has 0 fully saturated rings. The number of carbonyl (C=O) groups is 1. The van der Waals surface area contributed by atoms with Crippen LogP contribution in [-0.4, -0.2) is 16.1 Å². The van der Waals surface area contributed by atoms with Gasteiger partial charge in [0.2, 0.25) is 0 Å². The molecule has 1 aromatic rings. The Balaban J connectivity index is 3.28. The molecule has 0 unspecified atom stereocenters. The molecular weight excluding hydrogens is 288 g/mol. The van der Waals surface area contributed by atoms with Crippen molar-refractivity contribution in [2.75, 3.05) is 0 Å². The van der Waals surface area contributed by atoms with Gasteiger partial charge in [0, 0.05) is 11.0 Å². The maximum atomic E-state index is 12.4. The molecule has 1 rings (SSSR count). The molecule has 0 bridgehead atoms. The number of hydrogen-bond donors (Lipinski definition) is 2. The summed E-state index contributed by atoms with van der Waals surface area (Å²) in [6, 6.07) is 0.939. The van der Waals surface area contributed by atoms with Gasteiger partial charge in [0.15, 0.2) is 0 Å². The van der Waals surface area contributed by atoms with Crippen molar-refractivity contribution in [3.05, 3.63) is 33.2 Å². The largest absolute Gasteiger partial charge is 0.481 e. The lowest BCUT2D eigenvalue weighted by molar-refractivity contribution is -0.136. The zero-order valence-electron chi connectivity index (χ0n) is 7.97. The van der Waals surface area contributed by atoms with Crippen LogP contribution in [0.5, 0.6) is 0 Å². The third kappa shape index (κ3) is 2.88. The molecule has 0 aliphatic heterocycles. The van der Waals surface area contributed by atoms with Crippen LogP contribution in [0.4, 0.5) is 8.78 Å². The first-order valence-corrected chi connectivity index (χ1v) is 5.38. The number of H-pyrrole nitrogens is 1. The van der Waals surface area contributed by atoms with Crippen LogP contribution in [0.15, 0.2) is 10.9 Å². The van der Waals surface area contributed by atoms with Gasteiger partial charge in [-0.25, -0.2) is 8.78 Å². The monoisotopic (exact) mass is 295 g/mol. The van der Waals surface area contributed by atoms with Crippen LogP contribution in [0, 0.1) is 0 Å². The Bertz CT molecular complexity index is 459. The number of alkyl halides is 3. The Hall–Kier alpha value is -1.24. The lowest BCUT2D eigenvalue weighted by atomic mass is 10.1. The van der Waals surface area contributed by atoms with Crippen molar-refractivity contribution >= 4 is 21.9 Å². The van der Waals surface area contributed by atoms with Crippen LogP contribution >= 0.6 is 15.9 Å². The van der Waals surface area contributed by atoms with Crippen LogP contribution in [0.1, 0.15) is 23.2 Å². The van der Waals surface area contributed by atoms with Crippen LogP contribution < -0.4 is 5.56 Å². The average Bonchev–Trinajstić information content (AvgIpc) is 2.18. The molecule has 0 saturated heterocycles. The minimum Gasteiger partial charge on any atom is -0.481 e. The lowest BCUT2D eigenvalue weighted by Crippen LogP contribution is -2.18. The molecule has 0 radical (unpaired) electrons.